The Morgan fingerprint density at radius 2 is 2.45 bits per heavy atom. The van der Waals surface area contributed by atoms with Gasteiger partial charge < -0.3 is 5.01 Å². The number of anilines is 1. The summed E-state index contributed by atoms with van der Waals surface area (Å²) < 4.78 is 0. The summed E-state index contributed by atoms with van der Waals surface area (Å²) in [7, 11) is 0. The van der Waals surface area contributed by atoms with E-state index in [0.717, 1.165) is 11.4 Å². The van der Waals surface area contributed by atoms with E-state index in [9.17, 15) is 0 Å². The lowest BCUT2D eigenvalue weighted by atomic mass is 10.3. The lowest BCUT2D eigenvalue weighted by Crippen LogP contribution is -2.34. The van der Waals surface area contributed by atoms with Gasteiger partial charge in [-0.3, -0.25) is 9.98 Å². The first-order valence-electron chi connectivity index (χ1n) is 3.37. The molecule has 2 heterocycles. The molecule has 0 aromatic carbocycles. The van der Waals surface area contributed by atoms with Gasteiger partial charge in [0.2, 0.25) is 0 Å². The summed E-state index contributed by atoms with van der Waals surface area (Å²) in [6.07, 6.45) is 5.20. The van der Waals surface area contributed by atoms with Crippen LogP contribution in [-0.2, 0) is 0 Å². The fourth-order valence-corrected chi connectivity index (χ4v) is 1.03. The fraction of sp³-hybridized carbons (Fsp3) is 0.143. The molecule has 0 radical (unpaired) electrons. The molecular formula is C7H8N4. The van der Waals surface area contributed by atoms with Gasteiger partial charge in [0.15, 0.2) is 0 Å². The Bertz CT molecular complexity index is 294. The zero-order valence-electron chi connectivity index (χ0n) is 5.94. The molecule has 56 valence electrons. The molecule has 4 heteroatoms. The highest BCUT2D eigenvalue weighted by molar-refractivity contribution is 5.80. The molecule has 0 saturated carbocycles. The van der Waals surface area contributed by atoms with Crippen LogP contribution in [0.15, 0.2) is 23.5 Å². The molecule has 0 saturated heterocycles. The summed E-state index contributed by atoms with van der Waals surface area (Å²) in [5.74, 6) is 5.65. The molecule has 1 aliphatic heterocycles. The normalized spacial score (nSPS) is 14.8. The molecule has 2 N–H and O–H groups in total. The highest BCUT2D eigenvalue weighted by Crippen LogP contribution is 2.26. The van der Waals surface area contributed by atoms with Crippen molar-refractivity contribution >= 4 is 17.6 Å². The number of rotatable bonds is 0. The third kappa shape index (κ3) is 0.969. The lowest BCUT2D eigenvalue weighted by Gasteiger charge is -2.20. The van der Waals surface area contributed by atoms with E-state index < -0.39 is 0 Å². The molecule has 1 aromatic rings. The number of hydrogen-bond acceptors (Lipinski definition) is 4. The molecule has 1 aliphatic rings. The highest BCUT2D eigenvalue weighted by atomic mass is 15.4. The summed E-state index contributed by atoms with van der Waals surface area (Å²) in [5, 5.41) is 1.62. The molecule has 0 bridgehead atoms. The van der Waals surface area contributed by atoms with Crippen LogP contribution < -0.4 is 10.9 Å². The second-order valence-electron chi connectivity index (χ2n) is 2.33. The predicted molar refractivity (Wildman–Crippen MR) is 43.9 cm³/mol. The first kappa shape index (κ1) is 6.30. The Balaban J connectivity index is 2.54. The zero-order valence-corrected chi connectivity index (χ0v) is 5.94. The van der Waals surface area contributed by atoms with E-state index >= 15 is 0 Å². The Hall–Kier alpha value is -1.42. The molecule has 11 heavy (non-hydrogen) atoms. The van der Waals surface area contributed by atoms with Gasteiger partial charge in [0, 0.05) is 12.4 Å². The Morgan fingerprint density at radius 1 is 1.55 bits per heavy atom. The van der Waals surface area contributed by atoms with E-state index in [1.165, 1.54) is 0 Å². The minimum atomic E-state index is 0.651. The molecule has 4 nitrogen and oxygen atoms in total. The average molecular weight is 148 g/mol. The molecule has 1 aromatic heterocycles. The van der Waals surface area contributed by atoms with Crippen molar-refractivity contribution in [2.45, 2.75) is 0 Å². The molecule has 0 spiro atoms. The van der Waals surface area contributed by atoms with Crippen molar-refractivity contribution < 1.29 is 0 Å². The first-order chi connectivity index (χ1) is 5.38. The highest BCUT2D eigenvalue weighted by Gasteiger charge is 2.09. The van der Waals surface area contributed by atoms with Crippen LogP contribution in [0.3, 0.4) is 0 Å². The SMILES string of the molecule is NN1CC=Nc2ccncc21. The average Bonchev–Trinajstić information content (AvgIpc) is 2.06. The van der Waals surface area contributed by atoms with Crippen LogP contribution in [0.5, 0.6) is 0 Å². The van der Waals surface area contributed by atoms with Gasteiger partial charge in [-0.25, -0.2) is 5.84 Å². The maximum Gasteiger partial charge on any atom is 0.0962 e. The van der Waals surface area contributed by atoms with Gasteiger partial charge >= 0.3 is 0 Å². The largest absolute Gasteiger partial charge is 0.302 e. The maximum atomic E-state index is 5.65. The summed E-state index contributed by atoms with van der Waals surface area (Å²) >= 11 is 0. The Kier molecular flexibility index (Phi) is 1.33. The fourth-order valence-electron chi connectivity index (χ4n) is 1.03. The van der Waals surface area contributed by atoms with E-state index in [1.807, 2.05) is 6.07 Å². The van der Waals surface area contributed by atoms with Crippen LogP contribution in [0.2, 0.25) is 0 Å². The van der Waals surface area contributed by atoms with Crippen molar-refractivity contribution in [2.75, 3.05) is 11.6 Å². The van der Waals surface area contributed by atoms with Crippen molar-refractivity contribution in [3.63, 3.8) is 0 Å². The molecular weight excluding hydrogens is 140 g/mol. The van der Waals surface area contributed by atoms with Gasteiger partial charge in [0.1, 0.15) is 0 Å². The first-order valence-corrected chi connectivity index (χ1v) is 3.37. The summed E-state index contributed by atoms with van der Waals surface area (Å²) in [6, 6.07) is 1.84. The standard InChI is InChI=1S/C7H8N4/c8-11-4-3-10-6-1-2-9-5-7(6)11/h1-3,5H,4,8H2. The second-order valence-corrected chi connectivity index (χ2v) is 2.33. The van der Waals surface area contributed by atoms with Crippen LogP contribution in [0.4, 0.5) is 11.4 Å². The van der Waals surface area contributed by atoms with Crippen LogP contribution >= 0.6 is 0 Å². The molecule has 0 unspecified atom stereocenters. The van der Waals surface area contributed by atoms with Crippen molar-refractivity contribution in [1.29, 1.82) is 0 Å². The van der Waals surface area contributed by atoms with E-state index in [4.69, 9.17) is 5.84 Å². The number of fused-ring (bicyclic) bond motifs is 1. The van der Waals surface area contributed by atoms with Crippen LogP contribution in [0, 0.1) is 0 Å². The predicted octanol–water partition coefficient (Wildman–Crippen LogP) is 0.478. The molecule has 0 atom stereocenters. The number of aliphatic imine (C=N–C) groups is 1. The topological polar surface area (TPSA) is 54.5 Å². The monoisotopic (exact) mass is 148 g/mol. The minimum absolute atomic E-state index is 0.651. The number of nitrogens with zero attached hydrogens (tertiary/aromatic N) is 3. The quantitative estimate of drug-likeness (QED) is 0.544. The minimum Gasteiger partial charge on any atom is -0.302 e. The summed E-state index contributed by atoms with van der Waals surface area (Å²) in [6.45, 7) is 0.651. The van der Waals surface area contributed by atoms with Crippen LogP contribution in [-0.4, -0.2) is 17.7 Å². The number of hydrazine groups is 1. The van der Waals surface area contributed by atoms with Crippen LogP contribution in [0.25, 0.3) is 0 Å². The third-order valence-corrected chi connectivity index (χ3v) is 1.60. The van der Waals surface area contributed by atoms with Crippen LogP contribution in [0.1, 0.15) is 0 Å². The Morgan fingerprint density at radius 3 is 3.27 bits per heavy atom. The summed E-state index contributed by atoms with van der Waals surface area (Å²) in [4.78, 5) is 8.11. The van der Waals surface area contributed by atoms with E-state index in [0.29, 0.717) is 6.54 Å². The smallest absolute Gasteiger partial charge is 0.0962 e. The van der Waals surface area contributed by atoms with Crippen molar-refractivity contribution in [2.24, 2.45) is 10.8 Å². The van der Waals surface area contributed by atoms with Crippen molar-refractivity contribution in [1.82, 2.24) is 4.98 Å². The molecule has 2 rings (SSSR count). The number of hydrogen-bond donors (Lipinski definition) is 1. The van der Waals surface area contributed by atoms with Gasteiger partial charge in [-0.1, -0.05) is 0 Å². The number of pyridine rings is 1. The maximum absolute atomic E-state index is 5.65. The van der Waals surface area contributed by atoms with Gasteiger partial charge in [-0.2, -0.15) is 0 Å². The molecule has 0 fully saturated rings. The van der Waals surface area contributed by atoms with E-state index in [-0.39, 0.29) is 0 Å². The second kappa shape index (κ2) is 2.32. The van der Waals surface area contributed by atoms with E-state index in [2.05, 4.69) is 9.98 Å². The number of nitrogens with two attached hydrogens (primary N) is 1. The lowest BCUT2D eigenvalue weighted by molar-refractivity contribution is 0.950. The van der Waals surface area contributed by atoms with Gasteiger partial charge in [0.25, 0.3) is 0 Å². The van der Waals surface area contributed by atoms with Gasteiger partial charge in [-0.05, 0) is 6.07 Å². The third-order valence-electron chi connectivity index (χ3n) is 1.60. The summed E-state index contributed by atoms with van der Waals surface area (Å²) in [5.41, 5.74) is 1.77. The Labute approximate surface area is 64.3 Å². The number of aromatic nitrogens is 1. The van der Waals surface area contributed by atoms with Crippen molar-refractivity contribution in [3.05, 3.63) is 18.5 Å². The van der Waals surface area contributed by atoms with Crippen molar-refractivity contribution in [3.8, 4) is 0 Å². The zero-order chi connectivity index (χ0) is 7.68. The molecule has 0 aliphatic carbocycles. The van der Waals surface area contributed by atoms with Gasteiger partial charge in [0.05, 0.1) is 24.1 Å². The molecule has 0 amide bonds. The van der Waals surface area contributed by atoms with E-state index in [1.54, 1.807) is 23.6 Å². The van der Waals surface area contributed by atoms with Gasteiger partial charge in [-0.15, -0.1) is 0 Å².